The summed E-state index contributed by atoms with van der Waals surface area (Å²) >= 11 is 0. The molecule has 5 heteroatoms. The summed E-state index contributed by atoms with van der Waals surface area (Å²) in [6.07, 6.45) is 1.68. The number of halogens is 1. The number of aliphatic hydroxyl groups is 1. The molecule has 3 rings (SSSR count). The Morgan fingerprint density at radius 3 is 2.04 bits per heavy atom. The lowest BCUT2D eigenvalue weighted by Gasteiger charge is -2.38. The van der Waals surface area contributed by atoms with E-state index in [4.69, 9.17) is 7.85 Å². The van der Waals surface area contributed by atoms with Crippen molar-refractivity contribution >= 4 is 13.7 Å². The first-order valence-corrected chi connectivity index (χ1v) is 8.07. The lowest BCUT2D eigenvalue weighted by Crippen LogP contribution is -2.44. The van der Waals surface area contributed by atoms with E-state index in [0.717, 1.165) is 16.7 Å². The first-order chi connectivity index (χ1) is 11.5. The number of carbonyl (C=O) groups excluding carboxylic acids is 1. The van der Waals surface area contributed by atoms with E-state index in [2.05, 4.69) is 0 Å². The van der Waals surface area contributed by atoms with Gasteiger partial charge in [0.2, 0.25) is 7.85 Å². The maximum absolute atomic E-state index is 12.9. The molecule has 1 N–H and O–H groups in total. The van der Waals surface area contributed by atoms with E-state index >= 15 is 0 Å². The molecular weight excluding hydrogens is 304 g/mol. The van der Waals surface area contributed by atoms with E-state index in [-0.39, 0.29) is 5.82 Å². The third-order valence-corrected chi connectivity index (χ3v) is 4.72. The van der Waals surface area contributed by atoms with Gasteiger partial charge in [-0.1, -0.05) is 36.4 Å². The SMILES string of the molecule is [B]C(=O)N1CCC(O)(c2ccc(Cc3ccc(F)cc3)cc2)CC1. The fourth-order valence-corrected chi connectivity index (χ4v) is 3.16. The van der Waals surface area contributed by atoms with Crippen LogP contribution in [0.5, 0.6) is 0 Å². The molecule has 0 atom stereocenters. The Hall–Kier alpha value is -2.14. The first-order valence-electron chi connectivity index (χ1n) is 8.07. The number of amides is 1. The van der Waals surface area contributed by atoms with Crippen LogP contribution in [-0.2, 0) is 12.0 Å². The minimum atomic E-state index is -0.916. The summed E-state index contributed by atoms with van der Waals surface area (Å²) in [4.78, 5) is 12.7. The van der Waals surface area contributed by atoms with E-state index in [1.165, 1.54) is 12.1 Å². The molecule has 0 unspecified atom stereocenters. The summed E-state index contributed by atoms with van der Waals surface area (Å²) in [6.45, 7) is 0.923. The van der Waals surface area contributed by atoms with Crippen molar-refractivity contribution in [3.8, 4) is 0 Å². The molecule has 1 amide bonds. The van der Waals surface area contributed by atoms with Crippen molar-refractivity contribution in [2.24, 2.45) is 0 Å². The van der Waals surface area contributed by atoms with Gasteiger partial charge in [-0.05, 0) is 48.1 Å². The second-order valence-electron chi connectivity index (χ2n) is 6.36. The molecule has 1 heterocycles. The smallest absolute Gasteiger partial charge is 0.200 e. The van der Waals surface area contributed by atoms with E-state index in [0.29, 0.717) is 32.4 Å². The van der Waals surface area contributed by atoms with Crippen LogP contribution in [0.3, 0.4) is 0 Å². The Balaban J connectivity index is 1.68. The van der Waals surface area contributed by atoms with Gasteiger partial charge in [-0.3, -0.25) is 4.79 Å². The van der Waals surface area contributed by atoms with Crippen LogP contribution in [-0.4, -0.2) is 36.7 Å². The Morgan fingerprint density at radius 1 is 1.04 bits per heavy atom. The molecule has 0 aromatic heterocycles. The van der Waals surface area contributed by atoms with Gasteiger partial charge in [0.25, 0.3) is 0 Å². The normalized spacial score (nSPS) is 16.8. The summed E-state index contributed by atoms with van der Waals surface area (Å²) in [5, 5.41) is 10.8. The van der Waals surface area contributed by atoms with Gasteiger partial charge in [0.1, 0.15) is 5.82 Å². The molecule has 0 aliphatic carbocycles. The van der Waals surface area contributed by atoms with Gasteiger partial charge in [-0.25, -0.2) is 4.39 Å². The van der Waals surface area contributed by atoms with Crippen LogP contribution in [0.15, 0.2) is 48.5 Å². The Labute approximate surface area is 142 Å². The molecule has 2 aromatic rings. The molecule has 1 fully saturated rings. The number of piperidine rings is 1. The predicted molar refractivity (Wildman–Crippen MR) is 91.5 cm³/mol. The number of nitrogens with zero attached hydrogens (tertiary/aromatic N) is 1. The lowest BCUT2D eigenvalue weighted by molar-refractivity contribution is -0.0148. The van der Waals surface area contributed by atoms with Crippen LogP contribution in [0.1, 0.15) is 29.5 Å². The molecule has 2 aromatic carbocycles. The zero-order valence-corrected chi connectivity index (χ0v) is 13.4. The molecule has 3 nitrogen and oxygen atoms in total. The van der Waals surface area contributed by atoms with E-state index in [1.54, 1.807) is 17.0 Å². The molecule has 0 saturated carbocycles. The summed E-state index contributed by atoms with van der Waals surface area (Å²) in [7, 11) is 5.28. The molecule has 1 aliphatic rings. The van der Waals surface area contributed by atoms with E-state index in [1.807, 2.05) is 24.3 Å². The third kappa shape index (κ3) is 3.67. The third-order valence-electron chi connectivity index (χ3n) is 4.72. The van der Waals surface area contributed by atoms with Crippen molar-refractivity contribution in [2.45, 2.75) is 24.9 Å². The van der Waals surface area contributed by atoms with Crippen LogP contribution in [0.4, 0.5) is 9.18 Å². The molecule has 2 radical (unpaired) electrons. The van der Waals surface area contributed by atoms with Gasteiger partial charge in [0.15, 0.2) is 5.81 Å². The van der Waals surface area contributed by atoms with Gasteiger partial charge in [-0.2, -0.15) is 0 Å². The maximum atomic E-state index is 12.9. The zero-order chi connectivity index (χ0) is 17.2. The summed E-state index contributed by atoms with van der Waals surface area (Å²) in [5.74, 6) is -0.676. The topological polar surface area (TPSA) is 40.5 Å². The Morgan fingerprint density at radius 2 is 1.54 bits per heavy atom. The Bertz CT molecular complexity index is 707. The van der Waals surface area contributed by atoms with Crippen molar-refractivity contribution in [3.63, 3.8) is 0 Å². The average molecular weight is 323 g/mol. The number of hydrogen-bond acceptors (Lipinski definition) is 2. The zero-order valence-electron chi connectivity index (χ0n) is 13.4. The van der Waals surface area contributed by atoms with Crippen LogP contribution in [0.2, 0.25) is 0 Å². The van der Waals surface area contributed by atoms with Gasteiger partial charge in [0.05, 0.1) is 5.60 Å². The highest BCUT2D eigenvalue weighted by Gasteiger charge is 2.34. The van der Waals surface area contributed by atoms with Crippen LogP contribution < -0.4 is 0 Å². The standard InChI is InChI=1S/C19H19BFNO2/c20-18(23)22-11-9-19(24,10-12-22)16-5-1-14(2-6-16)13-15-3-7-17(21)8-4-15/h1-8,24H,9-13H2. The van der Waals surface area contributed by atoms with Gasteiger partial charge in [0, 0.05) is 13.1 Å². The largest absolute Gasteiger partial charge is 0.385 e. The summed E-state index contributed by atoms with van der Waals surface area (Å²) in [5.41, 5.74) is 2.08. The van der Waals surface area contributed by atoms with Crippen LogP contribution in [0, 0.1) is 5.82 Å². The molecular formula is C19H19BFNO2. The van der Waals surface area contributed by atoms with Crippen molar-refractivity contribution < 1.29 is 14.3 Å². The van der Waals surface area contributed by atoms with Gasteiger partial charge in [-0.15, -0.1) is 0 Å². The number of carbonyl (C=O) groups is 1. The average Bonchev–Trinajstić information content (AvgIpc) is 2.58. The van der Waals surface area contributed by atoms with Crippen molar-refractivity contribution in [1.82, 2.24) is 4.90 Å². The highest BCUT2D eigenvalue weighted by molar-refractivity contribution is 6.56. The number of hydrogen-bond donors (Lipinski definition) is 1. The fraction of sp³-hybridized carbons (Fsp3) is 0.316. The minimum absolute atomic E-state index is 0.237. The molecule has 1 aliphatic heterocycles. The fourth-order valence-electron chi connectivity index (χ4n) is 3.16. The molecule has 0 spiro atoms. The van der Waals surface area contributed by atoms with Crippen molar-refractivity contribution in [1.29, 1.82) is 0 Å². The first kappa shape index (κ1) is 16.7. The van der Waals surface area contributed by atoms with Gasteiger partial charge >= 0.3 is 0 Å². The minimum Gasteiger partial charge on any atom is -0.385 e. The Kier molecular flexibility index (Phi) is 4.72. The second-order valence-corrected chi connectivity index (χ2v) is 6.36. The lowest BCUT2D eigenvalue weighted by atomic mass is 9.83. The monoisotopic (exact) mass is 323 g/mol. The quantitative estimate of drug-likeness (QED) is 0.882. The second kappa shape index (κ2) is 6.77. The number of benzene rings is 2. The van der Waals surface area contributed by atoms with Crippen LogP contribution >= 0.6 is 0 Å². The number of likely N-dealkylation sites (tertiary alicyclic amines) is 1. The number of rotatable bonds is 3. The van der Waals surface area contributed by atoms with E-state index in [9.17, 15) is 14.3 Å². The van der Waals surface area contributed by atoms with Crippen molar-refractivity contribution in [2.75, 3.05) is 13.1 Å². The highest BCUT2D eigenvalue weighted by atomic mass is 19.1. The maximum Gasteiger partial charge on any atom is 0.200 e. The molecule has 24 heavy (non-hydrogen) atoms. The summed E-state index contributed by atoms with van der Waals surface area (Å²) in [6, 6.07) is 14.3. The summed E-state index contributed by atoms with van der Waals surface area (Å²) < 4.78 is 12.9. The van der Waals surface area contributed by atoms with E-state index < -0.39 is 11.4 Å². The molecule has 122 valence electrons. The van der Waals surface area contributed by atoms with Crippen molar-refractivity contribution in [3.05, 3.63) is 71.0 Å². The molecule has 0 bridgehead atoms. The van der Waals surface area contributed by atoms with Gasteiger partial charge < -0.3 is 10.0 Å². The highest BCUT2D eigenvalue weighted by Crippen LogP contribution is 2.33. The van der Waals surface area contributed by atoms with Crippen LogP contribution in [0.25, 0.3) is 0 Å². The predicted octanol–water partition coefficient (Wildman–Crippen LogP) is 2.99. The molecule has 1 saturated heterocycles.